The van der Waals surface area contributed by atoms with Gasteiger partial charge in [-0.05, 0) is 50.0 Å². The molecule has 0 aromatic rings. The Kier molecular flexibility index (Phi) is 8.60. The van der Waals surface area contributed by atoms with Gasteiger partial charge in [0.1, 0.15) is 5.83 Å². The molecule has 4 saturated heterocycles. The Labute approximate surface area is 228 Å². The van der Waals surface area contributed by atoms with Gasteiger partial charge in [0.2, 0.25) is 11.8 Å². The van der Waals surface area contributed by atoms with E-state index in [9.17, 15) is 14.0 Å². The standard InChI is InChI=1S/C30H47FN4O3/c1-24(25(2)31)21-32-12-18-35(19-13-32)28(37)29-8-10-30(11-9-29,38-23-29)22-33-14-16-34(17-15-33)27(36)20-26-6-4-3-5-7-26/h26H,1-23H2. The summed E-state index contributed by atoms with van der Waals surface area (Å²) in [6.45, 7) is 15.2. The van der Waals surface area contributed by atoms with Gasteiger partial charge < -0.3 is 14.5 Å². The third-order valence-corrected chi connectivity index (χ3v) is 10.1. The van der Waals surface area contributed by atoms with Crippen LogP contribution in [0.25, 0.3) is 0 Å². The van der Waals surface area contributed by atoms with Gasteiger partial charge in [0.05, 0.1) is 17.6 Å². The molecule has 212 valence electrons. The monoisotopic (exact) mass is 530 g/mol. The Bertz CT molecular complexity index is 877. The molecule has 7 nitrogen and oxygen atoms in total. The van der Waals surface area contributed by atoms with E-state index in [1.54, 1.807) is 0 Å². The zero-order valence-electron chi connectivity index (χ0n) is 23.2. The van der Waals surface area contributed by atoms with E-state index in [1.165, 1.54) is 32.1 Å². The molecular formula is C30H47FN4O3. The third kappa shape index (κ3) is 6.18. The van der Waals surface area contributed by atoms with Crippen LogP contribution in [0.15, 0.2) is 24.6 Å². The predicted molar refractivity (Wildman–Crippen MR) is 146 cm³/mol. The van der Waals surface area contributed by atoms with Gasteiger partial charge in [0.15, 0.2) is 0 Å². The summed E-state index contributed by atoms with van der Waals surface area (Å²) in [6.07, 6.45) is 10.7. The molecule has 0 spiro atoms. The largest absolute Gasteiger partial charge is 0.373 e. The Balaban J connectivity index is 1.05. The van der Waals surface area contributed by atoms with Gasteiger partial charge in [-0.1, -0.05) is 32.4 Å². The van der Waals surface area contributed by atoms with Gasteiger partial charge in [-0.15, -0.1) is 0 Å². The molecule has 2 amide bonds. The van der Waals surface area contributed by atoms with E-state index in [1.807, 2.05) is 4.90 Å². The van der Waals surface area contributed by atoms with Crippen LogP contribution >= 0.6 is 0 Å². The summed E-state index contributed by atoms with van der Waals surface area (Å²) in [4.78, 5) is 35.1. The number of fused-ring (bicyclic) bond motifs is 3. The highest BCUT2D eigenvalue weighted by atomic mass is 19.1. The van der Waals surface area contributed by atoms with Crippen LogP contribution in [0.4, 0.5) is 4.39 Å². The summed E-state index contributed by atoms with van der Waals surface area (Å²) < 4.78 is 19.8. The van der Waals surface area contributed by atoms with E-state index < -0.39 is 5.83 Å². The molecule has 0 N–H and O–H groups in total. The Hall–Kier alpha value is -1.77. The second-order valence-corrected chi connectivity index (χ2v) is 12.7. The van der Waals surface area contributed by atoms with Crippen LogP contribution < -0.4 is 0 Å². The SMILES string of the molecule is C=C(F)C(=C)CN1CCN(C(=O)C23CCC(CN4CCN(C(=O)CC5CCCCC5)CC4)(CC2)OC3)CC1. The highest BCUT2D eigenvalue weighted by molar-refractivity contribution is 5.83. The molecular weight excluding hydrogens is 483 g/mol. The van der Waals surface area contributed by atoms with Crippen LogP contribution in [0.5, 0.6) is 0 Å². The topological polar surface area (TPSA) is 56.3 Å². The summed E-state index contributed by atoms with van der Waals surface area (Å²) in [7, 11) is 0. The molecule has 38 heavy (non-hydrogen) atoms. The average Bonchev–Trinajstić information content (AvgIpc) is 2.95. The van der Waals surface area contributed by atoms with Crippen LogP contribution in [0.1, 0.15) is 64.2 Å². The van der Waals surface area contributed by atoms with Crippen LogP contribution in [0.3, 0.4) is 0 Å². The molecule has 0 atom stereocenters. The normalized spacial score (nSPS) is 31.4. The highest BCUT2D eigenvalue weighted by Gasteiger charge is 2.55. The Morgan fingerprint density at radius 3 is 2.00 bits per heavy atom. The van der Waals surface area contributed by atoms with Gasteiger partial charge >= 0.3 is 0 Å². The van der Waals surface area contributed by atoms with Gasteiger partial charge in [0.25, 0.3) is 0 Å². The van der Waals surface area contributed by atoms with E-state index in [4.69, 9.17) is 4.74 Å². The van der Waals surface area contributed by atoms with E-state index in [0.717, 1.165) is 77.9 Å². The lowest BCUT2D eigenvalue weighted by Crippen LogP contribution is -2.63. The molecule has 0 aromatic carbocycles. The summed E-state index contributed by atoms with van der Waals surface area (Å²) in [5, 5.41) is 0. The number of ether oxygens (including phenoxy) is 1. The zero-order valence-corrected chi connectivity index (χ0v) is 23.2. The van der Waals surface area contributed by atoms with Crippen LogP contribution in [0, 0.1) is 11.3 Å². The summed E-state index contributed by atoms with van der Waals surface area (Å²) >= 11 is 0. The van der Waals surface area contributed by atoms with Crippen molar-refractivity contribution < 1.29 is 18.7 Å². The van der Waals surface area contributed by atoms with Crippen molar-refractivity contribution >= 4 is 11.8 Å². The quantitative estimate of drug-likeness (QED) is 0.449. The molecule has 2 saturated carbocycles. The van der Waals surface area contributed by atoms with E-state index >= 15 is 0 Å². The summed E-state index contributed by atoms with van der Waals surface area (Å²) in [6, 6.07) is 0. The Morgan fingerprint density at radius 1 is 0.816 bits per heavy atom. The minimum atomic E-state index is -0.461. The maximum atomic E-state index is 13.6. The molecule has 0 radical (unpaired) electrons. The number of halogens is 1. The predicted octanol–water partition coefficient (Wildman–Crippen LogP) is 3.61. The van der Waals surface area contributed by atoms with E-state index in [-0.39, 0.29) is 16.9 Å². The lowest BCUT2D eigenvalue weighted by molar-refractivity contribution is -0.203. The van der Waals surface area contributed by atoms with Crippen molar-refractivity contribution in [3.8, 4) is 0 Å². The van der Waals surface area contributed by atoms with Crippen molar-refractivity contribution in [3.63, 3.8) is 0 Å². The van der Waals surface area contributed by atoms with Gasteiger partial charge in [-0.25, -0.2) is 4.39 Å². The number of nitrogens with zero attached hydrogens (tertiary/aromatic N) is 4. The molecule has 4 aliphatic heterocycles. The lowest BCUT2D eigenvalue weighted by Gasteiger charge is -2.55. The fourth-order valence-corrected chi connectivity index (χ4v) is 7.37. The first-order chi connectivity index (χ1) is 18.3. The van der Waals surface area contributed by atoms with Crippen LogP contribution in [-0.2, 0) is 14.3 Å². The summed E-state index contributed by atoms with van der Waals surface area (Å²) in [5.41, 5.74) is -0.116. The first-order valence-electron chi connectivity index (χ1n) is 15.0. The molecule has 6 fully saturated rings. The van der Waals surface area contributed by atoms with Crippen molar-refractivity contribution in [3.05, 3.63) is 24.6 Å². The van der Waals surface area contributed by atoms with Crippen LogP contribution in [0.2, 0.25) is 0 Å². The van der Waals surface area contributed by atoms with Crippen molar-refractivity contribution in [1.29, 1.82) is 0 Å². The molecule has 0 unspecified atom stereocenters. The first kappa shape index (κ1) is 27.8. The molecule has 6 rings (SSSR count). The fourth-order valence-electron chi connectivity index (χ4n) is 7.37. The van der Waals surface area contributed by atoms with Crippen molar-refractivity contribution in [2.75, 3.05) is 72.1 Å². The van der Waals surface area contributed by atoms with Gasteiger partial charge in [-0.2, -0.15) is 0 Å². The van der Waals surface area contributed by atoms with Gasteiger partial charge in [-0.3, -0.25) is 19.4 Å². The van der Waals surface area contributed by atoms with Crippen molar-refractivity contribution in [2.45, 2.75) is 69.8 Å². The Morgan fingerprint density at radius 2 is 1.42 bits per heavy atom. The number of carbonyl (C=O) groups is 2. The highest BCUT2D eigenvalue weighted by Crippen LogP contribution is 2.50. The first-order valence-corrected chi connectivity index (χ1v) is 15.0. The van der Waals surface area contributed by atoms with Gasteiger partial charge in [0, 0.05) is 71.9 Å². The van der Waals surface area contributed by atoms with Crippen molar-refractivity contribution in [1.82, 2.24) is 19.6 Å². The minimum absolute atomic E-state index is 0.149. The number of hydrogen-bond donors (Lipinski definition) is 0. The number of piperazine rings is 2. The summed E-state index contributed by atoms with van der Waals surface area (Å²) in [5.74, 6) is 0.727. The number of amides is 2. The maximum absolute atomic E-state index is 13.6. The molecule has 4 heterocycles. The fraction of sp³-hybridized carbons (Fsp3) is 0.800. The second kappa shape index (κ2) is 11.8. The van der Waals surface area contributed by atoms with Crippen molar-refractivity contribution in [2.24, 2.45) is 11.3 Å². The second-order valence-electron chi connectivity index (χ2n) is 12.7. The zero-order chi connectivity index (χ0) is 26.8. The molecule has 2 aliphatic carbocycles. The average molecular weight is 531 g/mol. The number of carbonyl (C=O) groups excluding carboxylic acids is 2. The number of hydrogen-bond acceptors (Lipinski definition) is 5. The van der Waals surface area contributed by atoms with E-state index in [0.29, 0.717) is 43.6 Å². The molecule has 0 aromatic heterocycles. The number of rotatable bonds is 8. The molecule has 2 bridgehead atoms. The lowest BCUT2D eigenvalue weighted by atomic mass is 9.65. The smallest absolute Gasteiger partial charge is 0.231 e. The molecule has 6 aliphatic rings. The minimum Gasteiger partial charge on any atom is -0.373 e. The third-order valence-electron chi connectivity index (χ3n) is 10.1. The maximum Gasteiger partial charge on any atom is 0.231 e. The van der Waals surface area contributed by atoms with Crippen LogP contribution in [-0.4, -0.2) is 109 Å². The molecule has 8 heteroatoms. The van der Waals surface area contributed by atoms with E-state index in [2.05, 4.69) is 27.9 Å².